The highest BCUT2D eigenvalue weighted by molar-refractivity contribution is 5.94. The quantitative estimate of drug-likeness (QED) is 0.477. The van der Waals surface area contributed by atoms with Crippen molar-refractivity contribution in [3.8, 4) is 6.07 Å². The van der Waals surface area contributed by atoms with Gasteiger partial charge in [-0.25, -0.2) is 0 Å². The standard InChI is InChI=1S/C10H7NO2/c11-7-9(10(12)13)6-8-4-2-1-3-5-8/h1-6H,(H,12,13)/p-1. The molecule has 0 heterocycles. The molecule has 13 heavy (non-hydrogen) atoms. The predicted molar refractivity (Wildman–Crippen MR) is 45.0 cm³/mol. The molecular weight excluding hydrogens is 166 g/mol. The number of hydrogen-bond acceptors (Lipinski definition) is 3. The Balaban J connectivity index is 3.01. The fraction of sp³-hybridized carbons (Fsp3) is 0. The van der Waals surface area contributed by atoms with Crippen molar-refractivity contribution in [3.63, 3.8) is 0 Å². The molecule has 0 N–H and O–H groups in total. The molecule has 1 aromatic rings. The minimum absolute atomic E-state index is 0.369. The molecule has 3 heteroatoms. The second-order valence-corrected chi connectivity index (χ2v) is 2.37. The van der Waals surface area contributed by atoms with Gasteiger partial charge in [-0.2, -0.15) is 5.26 Å². The summed E-state index contributed by atoms with van der Waals surface area (Å²) in [7, 11) is 0. The van der Waals surface area contributed by atoms with Crippen molar-refractivity contribution >= 4 is 12.0 Å². The van der Waals surface area contributed by atoms with Crippen molar-refractivity contribution in [2.45, 2.75) is 0 Å². The van der Waals surface area contributed by atoms with E-state index in [0.29, 0.717) is 5.56 Å². The number of carboxylic acid groups (broad SMARTS) is 1. The van der Waals surface area contributed by atoms with Crippen molar-refractivity contribution in [1.29, 1.82) is 5.26 Å². The Morgan fingerprint density at radius 1 is 1.38 bits per heavy atom. The SMILES string of the molecule is N#CC(=Cc1ccccc1)C(=O)[O-]. The minimum Gasteiger partial charge on any atom is -0.544 e. The van der Waals surface area contributed by atoms with E-state index >= 15 is 0 Å². The third-order valence-corrected chi connectivity index (χ3v) is 1.45. The summed E-state index contributed by atoms with van der Waals surface area (Å²) >= 11 is 0. The van der Waals surface area contributed by atoms with E-state index in [9.17, 15) is 9.90 Å². The Morgan fingerprint density at radius 2 is 2.00 bits per heavy atom. The number of carbonyl (C=O) groups excluding carboxylic acids is 1. The van der Waals surface area contributed by atoms with Gasteiger partial charge in [0.2, 0.25) is 0 Å². The number of aliphatic carboxylic acids is 1. The Kier molecular flexibility index (Phi) is 2.82. The van der Waals surface area contributed by atoms with Crippen molar-refractivity contribution in [1.82, 2.24) is 0 Å². The van der Waals surface area contributed by atoms with E-state index in [1.165, 1.54) is 6.08 Å². The lowest BCUT2D eigenvalue weighted by Gasteiger charge is -1.98. The van der Waals surface area contributed by atoms with Gasteiger partial charge in [-0.05, 0) is 11.6 Å². The maximum atomic E-state index is 10.3. The molecule has 0 saturated carbocycles. The van der Waals surface area contributed by atoms with Crippen LogP contribution in [0.5, 0.6) is 0 Å². The van der Waals surface area contributed by atoms with Gasteiger partial charge in [-0.15, -0.1) is 0 Å². The monoisotopic (exact) mass is 172 g/mol. The average molecular weight is 172 g/mol. The summed E-state index contributed by atoms with van der Waals surface area (Å²) in [6.45, 7) is 0. The first-order valence-electron chi connectivity index (χ1n) is 3.62. The molecule has 3 nitrogen and oxygen atoms in total. The van der Waals surface area contributed by atoms with Gasteiger partial charge >= 0.3 is 0 Å². The summed E-state index contributed by atoms with van der Waals surface area (Å²) in [6.07, 6.45) is 1.27. The highest BCUT2D eigenvalue weighted by Crippen LogP contribution is 2.04. The largest absolute Gasteiger partial charge is 0.544 e. The average Bonchev–Trinajstić information content (AvgIpc) is 2.15. The molecular formula is C10H6NO2-. The van der Waals surface area contributed by atoms with Crippen LogP contribution in [0.4, 0.5) is 0 Å². The lowest BCUT2D eigenvalue weighted by Crippen LogP contribution is -2.23. The number of benzene rings is 1. The molecule has 0 bridgehead atoms. The van der Waals surface area contributed by atoms with Crippen molar-refractivity contribution < 1.29 is 9.90 Å². The molecule has 64 valence electrons. The maximum Gasteiger partial charge on any atom is 0.101 e. The number of carbonyl (C=O) groups is 1. The Bertz CT molecular complexity index is 374. The molecule has 0 spiro atoms. The normalized spacial score (nSPS) is 10.5. The van der Waals surface area contributed by atoms with Gasteiger partial charge in [0.15, 0.2) is 0 Å². The van der Waals surface area contributed by atoms with Crippen LogP contribution in [0.3, 0.4) is 0 Å². The summed E-state index contributed by atoms with van der Waals surface area (Å²) in [4.78, 5) is 10.3. The zero-order valence-corrected chi connectivity index (χ0v) is 6.73. The molecule has 0 unspecified atom stereocenters. The van der Waals surface area contributed by atoms with Crippen LogP contribution in [0.15, 0.2) is 35.9 Å². The van der Waals surface area contributed by atoms with E-state index in [1.54, 1.807) is 30.3 Å². The number of carboxylic acids is 1. The van der Waals surface area contributed by atoms with Gasteiger partial charge in [0, 0.05) is 0 Å². The van der Waals surface area contributed by atoms with Crippen LogP contribution in [0, 0.1) is 11.3 Å². The topological polar surface area (TPSA) is 63.9 Å². The van der Waals surface area contributed by atoms with Crippen molar-refractivity contribution in [2.75, 3.05) is 0 Å². The van der Waals surface area contributed by atoms with E-state index in [-0.39, 0.29) is 5.57 Å². The fourth-order valence-electron chi connectivity index (χ4n) is 0.853. The molecule has 1 rings (SSSR count). The molecule has 0 atom stereocenters. The summed E-state index contributed by atoms with van der Waals surface area (Å²) < 4.78 is 0. The first-order chi connectivity index (χ1) is 6.24. The van der Waals surface area contributed by atoms with Crippen LogP contribution >= 0.6 is 0 Å². The lowest BCUT2D eigenvalue weighted by atomic mass is 10.1. The molecule has 0 fully saturated rings. The van der Waals surface area contributed by atoms with Gasteiger partial charge in [0.25, 0.3) is 0 Å². The third kappa shape index (κ3) is 2.46. The first-order valence-corrected chi connectivity index (χ1v) is 3.62. The van der Waals surface area contributed by atoms with Gasteiger partial charge in [0.1, 0.15) is 6.07 Å². The second kappa shape index (κ2) is 4.07. The molecule has 0 radical (unpaired) electrons. The zero-order valence-electron chi connectivity index (χ0n) is 6.73. The van der Waals surface area contributed by atoms with Gasteiger partial charge < -0.3 is 9.90 Å². The van der Waals surface area contributed by atoms with Gasteiger partial charge in [-0.1, -0.05) is 30.3 Å². The van der Waals surface area contributed by atoms with E-state index in [2.05, 4.69) is 0 Å². The van der Waals surface area contributed by atoms with Crippen LogP contribution in [0.2, 0.25) is 0 Å². The molecule has 1 aromatic carbocycles. The van der Waals surface area contributed by atoms with Crippen LogP contribution in [0.1, 0.15) is 5.56 Å². The minimum atomic E-state index is -1.45. The van der Waals surface area contributed by atoms with Crippen LogP contribution in [-0.2, 0) is 4.79 Å². The number of hydrogen-bond donors (Lipinski definition) is 0. The van der Waals surface area contributed by atoms with E-state index in [0.717, 1.165) is 0 Å². The highest BCUT2D eigenvalue weighted by atomic mass is 16.4. The number of rotatable bonds is 2. The van der Waals surface area contributed by atoms with Crippen LogP contribution in [0.25, 0.3) is 6.08 Å². The Morgan fingerprint density at radius 3 is 2.46 bits per heavy atom. The van der Waals surface area contributed by atoms with Gasteiger partial charge in [0.05, 0.1) is 11.5 Å². The van der Waals surface area contributed by atoms with Crippen LogP contribution in [-0.4, -0.2) is 5.97 Å². The Hall–Kier alpha value is -2.08. The summed E-state index contributed by atoms with van der Waals surface area (Å²) in [5, 5.41) is 18.8. The van der Waals surface area contributed by atoms with Crippen LogP contribution < -0.4 is 5.11 Å². The van der Waals surface area contributed by atoms with E-state index in [1.807, 2.05) is 6.07 Å². The summed E-state index contributed by atoms with van der Waals surface area (Å²) in [5.74, 6) is -1.45. The number of nitriles is 1. The van der Waals surface area contributed by atoms with Crippen molar-refractivity contribution in [3.05, 3.63) is 41.5 Å². The van der Waals surface area contributed by atoms with Crippen molar-refractivity contribution in [2.24, 2.45) is 0 Å². The molecule has 0 aliphatic carbocycles. The maximum absolute atomic E-state index is 10.3. The van der Waals surface area contributed by atoms with E-state index < -0.39 is 5.97 Å². The fourth-order valence-corrected chi connectivity index (χ4v) is 0.853. The smallest absolute Gasteiger partial charge is 0.101 e. The van der Waals surface area contributed by atoms with Gasteiger partial charge in [-0.3, -0.25) is 0 Å². The lowest BCUT2D eigenvalue weighted by molar-refractivity contribution is -0.298. The second-order valence-electron chi connectivity index (χ2n) is 2.37. The first kappa shape index (κ1) is 9.01. The molecule has 0 saturated heterocycles. The highest BCUT2D eigenvalue weighted by Gasteiger charge is 1.95. The predicted octanol–water partition coefficient (Wildman–Crippen LogP) is 0.343. The zero-order chi connectivity index (χ0) is 9.68. The molecule has 0 aromatic heterocycles. The molecule has 0 amide bonds. The Labute approximate surface area is 75.5 Å². The molecule has 0 aliphatic heterocycles. The summed E-state index contributed by atoms with van der Waals surface area (Å²) in [6, 6.07) is 10.3. The molecule has 0 aliphatic rings. The third-order valence-electron chi connectivity index (χ3n) is 1.45. The summed E-state index contributed by atoms with van der Waals surface area (Å²) in [5.41, 5.74) is 0.300. The number of nitrogens with zero attached hydrogens (tertiary/aromatic N) is 1. The van der Waals surface area contributed by atoms with E-state index in [4.69, 9.17) is 5.26 Å².